The van der Waals surface area contributed by atoms with Crippen molar-refractivity contribution in [2.75, 3.05) is 13.2 Å². The van der Waals surface area contributed by atoms with Crippen LogP contribution in [0.1, 0.15) is 34.0 Å². The fraction of sp³-hybridized carbons (Fsp3) is 0.192. The van der Waals surface area contributed by atoms with Crippen LogP contribution < -0.4 is 19.6 Å². The lowest BCUT2D eigenvalue weighted by molar-refractivity contribution is -0.123. The van der Waals surface area contributed by atoms with Gasteiger partial charge in [0, 0.05) is 5.02 Å². The van der Waals surface area contributed by atoms with Crippen LogP contribution in [0.4, 0.5) is 0 Å². The van der Waals surface area contributed by atoms with Crippen LogP contribution in [-0.2, 0) is 4.79 Å². The maximum atomic E-state index is 12.4. The molecule has 0 fully saturated rings. The van der Waals surface area contributed by atoms with Crippen molar-refractivity contribution >= 4 is 29.7 Å². The van der Waals surface area contributed by atoms with Crippen molar-refractivity contribution in [2.45, 2.75) is 20.8 Å². The Kier molecular flexibility index (Phi) is 8.65. The molecule has 3 aromatic rings. The van der Waals surface area contributed by atoms with E-state index in [1.807, 2.05) is 39.0 Å². The molecule has 176 valence electrons. The van der Waals surface area contributed by atoms with Crippen LogP contribution in [0.3, 0.4) is 0 Å². The number of esters is 1. The maximum absolute atomic E-state index is 12.4. The van der Waals surface area contributed by atoms with Crippen molar-refractivity contribution in [3.63, 3.8) is 0 Å². The van der Waals surface area contributed by atoms with Gasteiger partial charge in [-0.1, -0.05) is 17.7 Å². The molecule has 1 amide bonds. The Morgan fingerprint density at radius 2 is 1.71 bits per heavy atom. The van der Waals surface area contributed by atoms with Crippen LogP contribution >= 0.6 is 11.6 Å². The summed E-state index contributed by atoms with van der Waals surface area (Å²) in [6.07, 6.45) is 1.46. The van der Waals surface area contributed by atoms with Crippen molar-refractivity contribution in [3.8, 4) is 17.2 Å². The second-order valence-electron chi connectivity index (χ2n) is 7.36. The zero-order valence-electron chi connectivity index (χ0n) is 19.1. The molecule has 0 spiro atoms. The first-order chi connectivity index (χ1) is 16.4. The van der Waals surface area contributed by atoms with E-state index in [1.165, 1.54) is 6.21 Å². The van der Waals surface area contributed by atoms with Crippen molar-refractivity contribution < 1.29 is 23.8 Å². The van der Waals surface area contributed by atoms with Gasteiger partial charge in [0.2, 0.25) is 0 Å². The molecule has 8 heteroatoms. The topological polar surface area (TPSA) is 86.2 Å². The summed E-state index contributed by atoms with van der Waals surface area (Å²) in [5.41, 5.74) is 5.67. The predicted octanol–water partition coefficient (Wildman–Crippen LogP) is 5.10. The standard InChI is InChI=1S/C26H25ClN2O5/c1-4-32-24-14-19(6-12-23(24)34-26(31)20-7-9-21(27)10-8-20)15-28-29-25(30)16-33-22-11-5-17(2)18(3)13-22/h5-15H,4,16H2,1-3H3,(H,29,30)/b28-15+. The Balaban J connectivity index is 1.59. The fourth-order valence-electron chi connectivity index (χ4n) is 2.87. The summed E-state index contributed by atoms with van der Waals surface area (Å²) in [6, 6.07) is 17.0. The summed E-state index contributed by atoms with van der Waals surface area (Å²) in [4.78, 5) is 24.4. The minimum atomic E-state index is -0.532. The SMILES string of the molecule is CCOc1cc(/C=N/NC(=O)COc2ccc(C)c(C)c2)ccc1OC(=O)c1ccc(Cl)cc1. The van der Waals surface area contributed by atoms with Gasteiger partial charge < -0.3 is 14.2 Å². The second kappa shape index (κ2) is 11.9. The molecule has 0 heterocycles. The van der Waals surface area contributed by atoms with Gasteiger partial charge >= 0.3 is 5.97 Å². The van der Waals surface area contributed by atoms with Gasteiger partial charge in [-0.25, -0.2) is 10.2 Å². The van der Waals surface area contributed by atoms with E-state index in [9.17, 15) is 9.59 Å². The summed E-state index contributed by atoms with van der Waals surface area (Å²) in [6.45, 7) is 6.02. The molecule has 0 aliphatic rings. The first kappa shape index (κ1) is 24.8. The number of carbonyl (C=O) groups is 2. The van der Waals surface area contributed by atoms with Crippen LogP contribution in [0, 0.1) is 13.8 Å². The molecular formula is C26H25ClN2O5. The van der Waals surface area contributed by atoms with Crippen molar-refractivity contribution in [2.24, 2.45) is 5.10 Å². The van der Waals surface area contributed by atoms with Gasteiger partial charge in [-0.15, -0.1) is 0 Å². The van der Waals surface area contributed by atoms with Gasteiger partial charge in [0.05, 0.1) is 18.4 Å². The second-order valence-corrected chi connectivity index (χ2v) is 7.80. The van der Waals surface area contributed by atoms with Gasteiger partial charge in [-0.05, 0) is 92.1 Å². The maximum Gasteiger partial charge on any atom is 0.343 e. The predicted molar refractivity (Wildman–Crippen MR) is 131 cm³/mol. The number of nitrogens with one attached hydrogen (secondary N) is 1. The number of hydrogen-bond acceptors (Lipinski definition) is 6. The average molecular weight is 481 g/mol. The lowest BCUT2D eigenvalue weighted by atomic mass is 10.1. The lowest BCUT2D eigenvalue weighted by Crippen LogP contribution is -2.24. The lowest BCUT2D eigenvalue weighted by Gasteiger charge is -2.11. The number of hydrogen-bond donors (Lipinski definition) is 1. The minimum Gasteiger partial charge on any atom is -0.490 e. The fourth-order valence-corrected chi connectivity index (χ4v) is 2.99. The van der Waals surface area contributed by atoms with Crippen LogP contribution in [-0.4, -0.2) is 31.3 Å². The molecule has 0 aliphatic carbocycles. The molecule has 1 N–H and O–H groups in total. The number of hydrazone groups is 1. The Morgan fingerprint density at radius 1 is 0.941 bits per heavy atom. The van der Waals surface area contributed by atoms with E-state index in [0.29, 0.717) is 34.3 Å². The Bertz CT molecular complexity index is 1190. The molecule has 0 aromatic heterocycles. The largest absolute Gasteiger partial charge is 0.490 e. The van der Waals surface area contributed by atoms with Gasteiger partial charge in [0.25, 0.3) is 5.91 Å². The summed E-state index contributed by atoms with van der Waals surface area (Å²) in [5.74, 6) is 0.332. The Morgan fingerprint density at radius 3 is 2.41 bits per heavy atom. The van der Waals surface area contributed by atoms with Gasteiger partial charge in [0.1, 0.15) is 5.75 Å². The first-order valence-electron chi connectivity index (χ1n) is 10.6. The Hall–Kier alpha value is -3.84. The van der Waals surface area contributed by atoms with E-state index >= 15 is 0 Å². The van der Waals surface area contributed by atoms with E-state index in [1.54, 1.807) is 42.5 Å². The first-order valence-corrected chi connectivity index (χ1v) is 11.0. The molecular weight excluding hydrogens is 456 g/mol. The molecule has 0 saturated carbocycles. The summed E-state index contributed by atoms with van der Waals surface area (Å²) in [5, 5.41) is 4.48. The molecule has 3 rings (SSSR count). The van der Waals surface area contributed by atoms with Gasteiger partial charge in [-0.3, -0.25) is 4.79 Å². The number of carbonyl (C=O) groups excluding carboxylic acids is 2. The third-order valence-corrected chi connectivity index (χ3v) is 5.05. The number of halogens is 1. The van der Waals surface area contributed by atoms with Crippen LogP contribution in [0.25, 0.3) is 0 Å². The molecule has 0 atom stereocenters. The van der Waals surface area contributed by atoms with Crippen molar-refractivity contribution in [1.82, 2.24) is 5.43 Å². The van der Waals surface area contributed by atoms with E-state index in [0.717, 1.165) is 11.1 Å². The Labute approximate surface area is 203 Å². The van der Waals surface area contributed by atoms with Crippen LogP contribution in [0.5, 0.6) is 17.2 Å². The number of amides is 1. The van der Waals surface area contributed by atoms with Crippen LogP contribution in [0.15, 0.2) is 65.8 Å². The number of rotatable bonds is 9. The van der Waals surface area contributed by atoms with Gasteiger partial charge in [-0.2, -0.15) is 5.10 Å². The smallest absolute Gasteiger partial charge is 0.343 e. The van der Waals surface area contributed by atoms with E-state index in [2.05, 4.69) is 10.5 Å². The molecule has 0 saturated heterocycles. The zero-order chi connectivity index (χ0) is 24.5. The molecule has 0 aliphatic heterocycles. The van der Waals surface area contributed by atoms with Crippen LogP contribution in [0.2, 0.25) is 5.02 Å². The third kappa shape index (κ3) is 7.08. The van der Waals surface area contributed by atoms with E-state index in [-0.39, 0.29) is 12.4 Å². The number of aryl methyl sites for hydroxylation is 2. The number of nitrogens with zero attached hydrogens (tertiary/aromatic N) is 1. The highest BCUT2D eigenvalue weighted by molar-refractivity contribution is 6.30. The summed E-state index contributed by atoms with van der Waals surface area (Å²) in [7, 11) is 0. The van der Waals surface area contributed by atoms with E-state index < -0.39 is 11.9 Å². The molecule has 7 nitrogen and oxygen atoms in total. The number of benzene rings is 3. The molecule has 0 unspecified atom stereocenters. The molecule has 0 bridgehead atoms. The van der Waals surface area contributed by atoms with Crippen molar-refractivity contribution in [1.29, 1.82) is 0 Å². The highest BCUT2D eigenvalue weighted by atomic mass is 35.5. The van der Waals surface area contributed by atoms with Gasteiger partial charge in [0.15, 0.2) is 18.1 Å². The summed E-state index contributed by atoms with van der Waals surface area (Å²) >= 11 is 5.86. The number of ether oxygens (including phenoxy) is 3. The molecule has 34 heavy (non-hydrogen) atoms. The third-order valence-electron chi connectivity index (χ3n) is 4.80. The molecule has 3 aromatic carbocycles. The minimum absolute atomic E-state index is 0.163. The summed E-state index contributed by atoms with van der Waals surface area (Å²) < 4.78 is 16.6. The normalized spacial score (nSPS) is 10.7. The average Bonchev–Trinajstić information content (AvgIpc) is 2.82. The quantitative estimate of drug-likeness (QED) is 0.199. The highest BCUT2D eigenvalue weighted by Crippen LogP contribution is 2.29. The zero-order valence-corrected chi connectivity index (χ0v) is 19.9. The van der Waals surface area contributed by atoms with Crippen molar-refractivity contribution in [3.05, 3.63) is 87.9 Å². The monoisotopic (exact) mass is 480 g/mol. The highest BCUT2D eigenvalue weighted by Gasteiger charge is 2.13. The molecule has 0 radical (unpaired) electrons. The van der Waals surface area contributed by atoms with E-state index in [4.69, 9.17) is 25.8 Å².